The second-order valence-corrected chi connectivity index (χ2v) is 11.9. The van der Waals surface area contributed by atoms with Gasteiger partial charge in [-0.05, 0) is 43.2 Å². The van der Waals surface area contributed by atoms with Crippen molar-refractivity contribution in [3.63, 3.8) is 0 Å². The Balaban J connectivity index is 1.45. The summed E-state index contributed by atoms with van der Waals surface area (Å²) >= 11 is 15.3. The van der Waals surface area contributed by atoms with Crippen LogP contribution < -0.4 is 5.32 Å². The summed E-state index contributed by atoms with van der Waals surface area (Å²) in [6.45, 7) is 4.76. The number of amides is 1. The van der Waals surface area contributed by atoms with Gasteiger partial charge in [-0.15, -0.1) is 11.3 Å². The molecule has 2 aromatic heterocycles. The molecule has 5 rings (SSSR count). The minimum atomic E-state index is -0.256. The summed E-state index contributed by atoms with van der Waals surface area (Å²) in [5.74, 6) is 0.773. The molecule has 1 aliphatic heterocycles. The number of nitrogens with zero attached hydrogens (tertiary/aromatic N) is 2. The van der Waals surface area contributed by atoms with Crippen molar-refractivity contribution in [3.05, 3.63) is 80.4 Å². The van der Waals surface area contributed by atoms with E-state index in [1.165, 1.54) is 22.2 Å². The molecular weight excluding hydrogens is 521 g/mol. The first-order valence-corrected chi connectivity index (χ1v) is 13.7. The summed E-state index contributed by atoms with van der Waals surface area (Å²) < 4.78 is 6.04. The average Bonchev–Trinajstić information content (AvgIpc) is 3.16. The Bertz CT molecular complexity index is 1410. The van der Waals surface area contributed by atoms with Crippen LogP contribution in [0.15, 0.2) is 53.6 Å². The summed E-state index contributed by atoms with van der Waals surface area (Å²) in [4.78, 5) is 24.7. The zero-order valence-corrected chi connectivity index (χ0v) is 22.4. The van der Waals surface area contributed by atoms with E-state index in [0.717, 1.165) is 33.1 Å². The number of hydrogen-bond acceptors (Lipinski definition) is 6. The quantitative estimate of drug-likeness (QED) is 0.206. The highest BCUT2D eigenvalue weighted by Crippen LogP contribution is 2.42. The Hall–Kier alpha value is -2.16. The Morgan fingerprint density at radius 3 is 2.74 bits per heavy atom. The van der Waals surface area contributed by atoms with Crippen molar-refractivity contribution in [1.82, 2.24) is 9.97 Å². The summed E-state index contributed by atoms with van der Waals surface area (Å²) in [6.07, 6.45) is 1.41. The molecule has 2 aromatic carbocycles. The maximum Gasteiger partial charge on any atom is 0.234 e. The molecule has 0 aliphatic carbocycles. The number of carbonyl (C=O) groups excluding carboxylic acids is 1. The molecule has 1 N–H and O–H groups in total. The highest BCUT2D eigenvalue weighted by molar-refractivity contribution is 8.00. The first-order chi connectivity index (χ1) is 16.8. The first-order valence-electron chi connectivity index (χ1n) is 11.1. The zero-order valence-electron chi connectivity index (χ0n) is 19.2. The lowest BCUT2D eigenvalue weighted by Crippen LogP contribution is -2.31. The highest BCUT2D eigenvalue weighted by Gasteiger charge is 2.31. The lowest BCUT2D eigenvalue weighted by atomic mass is 9.94. The molecule has 0 saturated carbocycles. The second kappa shape index (κ2) is 10.1. The summed E-state index contributed by atoms with van der Waals surface area (Å²) in [5.41, 5.74) is 2.65. The van der Waals surface area contributed by atoms with Gasteiger partial charge in [0.05, 0.1) is 28.7 Å². The average molecular weight is 545 g/mol. The summed E-state index contributed by atoms with van der Waals surface area (Å²) in [7, 11) is 0. The third kappa shape index (κ3) is 5.65. The predicted molar refractivity (Wildman–Crippen MR) is 145 cm³/mol. The van der Waals surface area contributed by atoms with Crippen molar-refractivity contribution < 1.29 is 9.53 Å². The molecule has 5 nitrogen and oxygen atoms in total. The van der Waals surface area contributed by atoms with E-state index in [1.807, 2.05) is 18.2 Å². The lowest BCUT2D eigenvalue weighted by Gasteiger charge is -2.30. The van der Waals surface area contributed by atoms with Gasteiger partial charge >= 0.3 is 0 Å². The second-order valence-electron chi connectivity index (χ2n) is 8.98. The number of halogens is 2. The maximum atomic E-state index is 12.8. The number of ether oxygens (including phenoxy) is 1. The molecule has 0 unspecified atom stereocenters. The van der Waals surface area contributed by atoms with Crippen molar-refractivity contribution in [3.8, 4) is 0 Å². The van der Waals surface area contributed by atoms with Crippen LogP contribution in [0.1, 0.15) is 35.7 Å². The molecule has 0 saturated heterocycles. The van der Waals surface area contributed by atoms with E-state index in [1.54, 1.807) is 29.5 Å². The van der Waals surface area contributed by atoms with Crippen molar-refractivity contribution >= 4 is 68.1 Å². The number of fused-ring (bicyclic) bond motifs is 3. The van der Waals surface area contributed by atoms with E-state index >= 15 is 0 Å². The Morgan fingerprint density at radius 1 is 1.17 bits per heavy atom. The zero-order chi connectivity index (χ0) is 24.6. The van der Waals surface area contributed by atoms with Gasteiger partial charge in [0.1, 0.15) is 15.7 Å². The fourth-order valence-corrected chi connectivity index (χ4v) is 6.54. The van der Waals surface area contributed by atoms with Crippen molar-refractivity contribution in [2.75, 3.05) is 11.1 Å². The highest BCUT2D eigenvalue weighted by atomic mass is 35.5. The Kier molecular flexibility index (Phi) is 7.06. The first kappa shape index (κ1) is 24.5. The summed E-state index contributed by atoms with van der Waals surface area (Å²) in [5, 5.41) is 5.66. The Labute approximate surface area is 222 Å². The van der Waals surface area contributed by atoms with E-state index in [4.69, 9.17) is 37.9 Å². The lowest BCUT2D eigenvalue weighted by molar-refractivity contribution is -0.113. The number of anilines is 1. The van der Waals surface area contributed by atoms with Crippen molar-refractivity contribution in [2.45, 2.75) is 43.9 Å². The smallest absolute Gasteiger partial charge is 0.234 e. The van der Waals surface area contributed by atoms with Crippen LogP contribution in [-0.4, -0.2) is 27.2 Å². The van der Waals surface area contributed by atoms with Crippen LogP contribution in [0.25, 0.3) is 10.2 Å². The van der Waals surface area contributed by atoms with Crippen molar-refractivity contribution in [2.24, 2.45) is 0 Å². The van der Waals surface area contributed by atoms with Gasteiger partial charge in [0.2, 0.25) is 5.91 Å². The largest absolute Gasteiger partial charge is 0.370 e. The number of thioether (sulfide) groups is 1. The van der Waals surface area contributed by atoms with Crippen LogP contribution >= 0.6 is 46.3 Å². The molecular formula is C26H23Cl2N3O2S2. The van der Waals surface area contributed by atoms with Crippen LogP contribution in [0, 0.1) is 0 Å². The van der Waals surface area contributed by atoms with E-state index < -0.39 is 0 Å². The van der Waals surface area contributed by atoms with Gasteiger partial charge in [-0.2, -0.15) is 0 Å². The number of rotatable bonds is 6. The van der Waals surface area contributed by atoms with Gasteiger partial charge in [0.15, 0.2) is 0 Å². The monoisotopic (exact) mass is 543 g/mol. The Morgan fingerprint density at radius 2 is 1.97 bits per heavy atom. The van der Waals surface area contributed by atoms with Crippen LogP contribution in [0.3, 0.4) is 0 Å². The van der Waals surface area contributed by atoms with E-state index in [0.29, 0.717) is 28.8 Å². The van der Waals surface area contributed by atoms with Gasteiger partial charge in [0, 0.05) is 28.1 Å². The van der Waals surface area contributed by atoms with E-state index in [9.17, 15) is 4.79 Å². The standard InChI is InChI=1S/C26H23Cl2N3O2S2/c1-26(2)12-17-20(13-33-26)35-25-23(17)24(30-21(31-25)10-15-6-4-3-5-7-15)34-14-22(32)29-19-9-8-16(27)11-18(19)28/h3-9,11H,10,12-14H2,1-2H3,(H,29,32). The number of hydrogen-bond donors (Lipinski definition) is 1. The topological polar surface area (TPSA) is 64.1 Å². The van der Waals surface area contributed by atoms with E-state index in [2.05, 4.69) is 31.3 Å². The van der Waals surface area contributed by atoms with Crippen LogP contribution in [-0.2, 0) is 29.0 Å². The molecule has 0 spiro atoms. The molecule has 180 valence electrons. The molecule has 0 atom stereocenters. The van der Waals surface area contributed by atoms with Gasteiger partial charge in [-0.25, -0.2) is 9.97 Å². The molecule has 3 heterocycles. The molecule has 0 bridgehead atoms. The number of thiophene rings is 1. The fourth-order valence-electron chi connectivity index (χ4n) is 4.03. The predicted octanol–water partition coefficient (Wildman–Crippen LogP) is 7.17. The molecule has 4 aromatic rings. The van der Waals surface area contributed by atoms with Crippen LogP contribution in [0.4, 0.5) is 5.69 Å². The third-order valence-electron chi connectivity index (χ3n) is 5.69. The van der Waals surface area contributed by atoms with E-state index in [-0.39, 0.29) is 17.3 Å². The molecule has 1 aliphatic rings. The minimum Gasteiger partial charge on any atom is -0.370 e. The van der Waals surface area contributed by atoms with Crippen LogP contribution in [0.5, 0.6) is 0 Å². The number of carbonyl (C=O) groups is 1. The van der Waals surface area contributed by atoms with Gasteiger partial charge < -0.3 is 10.1 Å². The third-order valence-corrected chi connectivity index (χ3v) is 8.32. The van der Waals surface area contributed by atoms with Crippen molar-refractivity contribution in [1.29, 1.82) is 0 Å². The minimum absolute atomic E-state index is 0.164. The fraction of sp³-hybridized carbons (Fsp3) is 0.269. The number of benzene rings is 2. The SMILES string of the molecule is CC1(C)Cc2c(sc3nc(Cc4ccccc4)nc(SCC(=O)Nc4ccc(Cl)cc4Cl)c23)CO1. The van der Waals surface area contributed by atoms with Gasteiger partial charge in [0.25, 0.3) is 0 Å². The summed E-state index contributed by atoms with van der Waals surface area (Å²) in [6, 6.07) is 15.2. The molecule has 35 heavy (non-hydrogen) atoms. The number of nitrogens with one attached hydrogen (secondary N) is 1. The van der Waals surface area contributed by atoms with Crippen LogP contribution in [0.2, 0.25) is 10.0 Å². The van der Waals surface area contributed by atoms with Gasteiger partial charge in [-0.1, -0.05) is 65.3 Å². The maximum absolute atomic E-state index is 12.8. The number of aromatic nitrogens is 2. The molecule has 0 fully saturated rings. The molecule has 1 amide bonds. The molecule has 0 radical (unpaired) electrons. The molecule has 9 heteroatoms. The van der Waals surface area contributed by atoms with Gasteiger partial charge in [-0.3, -0.25) is 4.79 Å². The normalized spacial score (nSPS) is 14.6.